The lowest BCUT2D eigenvalue weighted by Crippen LogP contribution is -2.47. The van der Waals surface area contributed by atoms with Crippen LogP contribution in [0.5, 0.6) is 0 Å². The van der Waals surface area contributed by atoms with Crippen LogP contribution >= 0.6 is 0 Å². The quantitative estimate of drug-likeness (QED) is 0.851. The molecule has 2 amide bonds. The monoisotopic (exact) mass is 384 g/mol. The Bertz CT molecular complexity index is 820. The number of hydrogen-bond acceptors (Lipinski definition) is 5. The molecule has 1 N–H and O–H groups in total. The topological polar surface area (TPSA) is 85.7 Å². The lowest BCUT2D eigenvalue weighted by atomic mass is 10.0. The Morgan fingerprint density at radius 2 is 1.96 bits per heavy atom. The van der Waals surface area contributed by atoms with Crippen molar-refractivity contribution in [1.82, 2.24) is 14.5 Å². The number of hydrogen-bond donors (Lipinski definition) is 1. The van der Waals surface area contributed by atoms with Crippen molar-refractivity contribution in [1.29, 1.82) is 0 Å². The zero-order valence-corrected chi connectivity index (χ0v) is 15.7. The normalized spacial score (nSPS) is 18.4. The molecule has 2 aliphatic rings. The van der Waals surface area contributed by atoms with E-state index in [0.29, 0.717) is 63.4 Å². The average Bonchev–Trinajstić information content (AvgIpc) is 3.39. The summed E-state index contributed by atoms with van der Waals surface area (Å²) in [6, 6.07) is 7.07. The molecule has 0 aliphatic carbocycles. The van der Waals surface area contributed by atoms with Crippen molar-refractivity contribution >= 4 is 17.5 Å². The maximum absolute atomic E-state index is 12.8. The molecular formula is C20H24N4O4. The van der Waals surface area contributed by atoms with Gasteiger partial charge in [0.25, 0.3) is 5.91 Å². The lowest BCUT2D eigenvalue weighted by molar-refractivity contribution is -0.181. The second kappa shape index (κ2) is 8.12. The Hall–Kier alpha value is -2.71. The van der Waals surface area contributed by atoms with Crippen molar-refractivity contribution in [3.8, 4) is 0 Å². The van der Waals surface area contributed by atoms with Crippen molar-refractivity contribution in [2.45, 2.75) is 31.6 Å². The third-order valence-corrected chi connectivity index (χ3v) is 5.18. The summed E-state index contributed by atoms with van der Waals surface area (Å²) < 4.78 is 13.3. The molecule has 0 saturated carbocycles. The molecule has 8 heteroatoms. The summed E-state index contributed by atoms with van der Waals surface area (Å²) in [6.07, 6.45) is 6.88. The number of rotatable bonds is 5. The van der Waals surface area contributed by atoms with Gasteiger partial charge in [-0.1, -0.05) is 6.07 Å². The minimum absolute atomic E-state index is 0.0395. The predicted molar refractivity (Wildman–Crippen MR) is 102 cm³/mol. The zero-order valence-electron chi connectivity index (χ0n) is 15.7. The first-order valence-corrected chi connectivity index (χ1v) is 9.56. The van der Waals surface area contributed by atoms with Gasteiger partial charge >= 0.3 is 0 Å². The number of imidazole rings is 1. The van der Waals surface area contributed by atoms with Crippen LogP contribution in [0.2, 0.25) is 0 Å². The van der Waals surface area contributed by atoms with Crippen LogP contribution in [-0.2, 0) is 20.8 Å². The number of benzene rings is 1. The SMILES string of the molecule is O=C(CCn1ccnc1)Nc1cccc(C(=O)N2CCC3(CC2)OCCO3)c1. The fourth-order valence-electron chi connectivity index (χ4n) is 3.62. The number of ether oxygens (including phenoxy) is 2. The molecular weight excluding hydrogens is 360 g/mol. The van der Waals surface area contributed by atoms with Crippen LogP contribution < -0.4 is 5.32 Å². The molecule has 1 aromatic carbocycles. The van der Waals surface area contributed by atoms with Crippen LogP contribution in [0.4, 0.5) is 5.69 Å². The van der Waals surface area contributed by atoms with Crippen LogP contribution in [0, 0.1) is 0 Å². The third kappa shape index (κ3) is 4.23. The molecule has 2 fully saturated rings. The second-order valence-corrected chi connectivity index (χ2v) is 7.08. The fraction of sp³-hybridized carbons (Fsp3) is 0.450. The van der Waals surface area contributed by atoms with E-state index >= 15 is 0 Å². The van der Waals surface area contributed by atoms with E-state index in [1.807, 2.05) is 15.7 Å². The van der Waals surface area contributed by atoms with Crippen LogP contribution in [0.25, 0.3) is 0 Å². The molecule has 0 atom stereocenters. The summed E-state index contributed by atoms with van der Waals surface area (Å²) in [5.41, 5.74) is 1.19. The molecule has 3 heterocycles. The van der Waals surface area contributed by atoms with Crippen LogP contribution in [0.15, 0.2) is 43.0 Å². The third-order valence-electron chi connectivity index (χ3n) is 5.18. The smallest absolute Gasteiger partial charge is 0.253 e. The highest BCUT2D eigenvalue weighted by Gasteiger charge is 2.40. The largest absolute Gasteiger partial charge is 0.347 e. The van der Waals surface area contributed by atoms with Crippen LogP contribution in [-0.4, -0.2) is 58.4 Å². The number of likely N-dealkylation sites (tertiary alicyclic amines) is 1. The van der Waals surface area contributed by atoms with Gasteiger partial charge in [0, 0.05) is 62.5 Å². The van der Waals surface area contributed by atoms with Gasteiger partial charge in [0.05, 0.1) is 19.5 Å². The van der Waals surface area contributed by atoms with E-state index < -0.39 is 5.79 Å². The maximum Gasteiger partial charge on any atom is 0.253 e. The molecule has 2 aromatic rings. The Kier molecular flexibility index (Phi) is 5.40. The maximum atomic E-state index is 12.8. The number of aromatic nitrogens is 2. The van der Waals surface area contributed by atoms with Gasteiger partial charge in [0.1, 0.15) is 0 Å². The Morgan fingerprint density at radius 1 is 1.18 bits per heavy atom. The Balaban J connectivity index is 1.32. The molecule has 148 valence electrons. The molecule has 2 aliphatic heterocycles. The number of carbonyl (C=O) groups excluding carboxylic acids is 2. The standard InChI is InChI=1S/C20H24N4O4/c25-18(4-8-23-11-7-21-15-23)22-17-3-1-2-16(14-17)19(26)24-9-5-20(6-10-24)27-12-13-28-20/h1-3,7,11,14-15H,4-6,8-10,12-13H2,(H,22,25). The molecule has 4 rings (SSSR count). The number of nitrogens with zero attached hydrogens (tertiary/aromatic N) is 3. The van der Waals surface area contributed by atoms with Crippen molar-refractivity contribution in [3.63, 3.8) is 0 Å². The predicted octanol–water partition coefficient (Wildman–Crippen LogP) is 1.89. The summed E-state index contributed by atoms with van der Waals surface area (Å²) in [5, 5.41) is 2.86. The van der Waals surface area contributed by atoms with Gasteiger partial charge in [-0.05, 0) is 18.2 Å². The highest BCUT2D eigenvalue weighted by molar-refractivity contribution is 5.97. The van der Waals surface area contributed by atoms with E-state index in [1.54, 1.807) is 36.8 Å². The first kappa shape index (κ1) is 18.6. The lowest BCUT2D eigenvalue weighted by Gasteiger charge is -2.37. The first-order valence-electron chi connectivity index (χ1n) is 9.56. The molecule has 1 aromatic heterocycles. The number of aryl methyl sites for hydroxylation is 1. The summed E-state index contributed by atoms with van der Waals surface area (Å²) in [7, 11) is 0. The van der Waals surface area contributed by atoms with Crippen LogP contribution in [0.1, 0.15) is 29.6 Å². The van der Waals surface area contributed by atoms with E-state index in [0.717, 1.165) is 0 Å². The zero-order chi connectivity index (χ0) is 19.4. The van der Waals surface area contributed by atoms with Crippen molar-refractivity contribution in [2.24, 2.45) is 0 Å². The van der Waals surface area contributed by atoms with Gasteiger partial charge in [0.2, 0.25) is 5.91 Å². The molecule has 28 heavy (non-hydrogen) atoms. The molecule has 0 unspecified atom stereocenters. The number of amides is 2. The van der Waals surface area contributed by atoms with Gasteiger partial charge in [-0.3, -0.25) is 9.59 Å². The molecule has 0 bridgehead atoms. The minimum atomic E-state index is -0.498. The summed E-state index contributed by atoms with van der Waals surface area (Å²) in [4.78, 5) is 30.8. The average molecular weight is 384 g/mol. The van der Waals surface area contributed by atoms with Gasteiger partial charge in [0.15, 0.2) is 5.79 Å². The van der Waals surface area contributed by atoms with Crippen molar-refractivity contribution in [2.75, 3.05) is 31.6 Å². The molecule has 0 radical (unpaired) electrons. The summed E-state index contributed by atoms with van der Waals surface area (Å²) in [6.45, 7) is 3.00. The highest BCUT2D eigenvalue weighted by Crippen LogP contribution is 2.31. The van der Waals surface area contributed by atoms with Crippen LogP contribution in [0.3, 0.4) is 0 Å². The molecule has 1 spiro atoms. The number of carbonyl (C=O) groups is 2. The number of nitrogens with one attached hydrogen (secondary N) is 1. The van der Waals surface area contributed by atoms with Gasteiger partial charge in [-0.25, -0.2) is 4.98 Å². The minimum Gasteiger partial charge on any atom is -0.347 e. The Labute approximate surface area is 163 Å². The van der Waals surface area contributed by atoms with Gasteiger partial charge in [-0.2, -0.15) is 0 Å². The summed E-state index contributed by atoms with van der Waals surface area (Å²) in [5.74, 6) is -0.641. The van der Waals surface area contributed by atoms with E-state index in [1.165, 1.54) is 0 Å². The van der Waals surface area contributed by atoms with Gasteiger partial charge in [-0.15, -0.1) is 0 Å². The Morgan fingerprint density at radius 3 is 2.68 bits per heavy atom. The van der Waals surface area contributed by atoms with E-state index in [-0.39, 0.29) is 11.8 Å². The van der Waals surface area contributed by atoms with E-state index in [4.69, 9.17) is 9.47 Å². The summed E-state index contributed by atoms with van der Waals surface area (Å²) >= 11 is 0. The fourth-order valence-corrected chi connectivity index (χ4v) is 3.62. The molecule has 2 saturated heterocycles. The number of anilines is 1. The van der Waals surface area contributed by atoms with Crippen molar-refractivity contribution in [3.05, 3.63) is 48.5 Å². The second-order valence-electron chi connectivity index (χ2n) is 7.08. The van der Waals surface area contributed by atoms with Gasteiger partial charge < -0.3 is 24.3 Å². The van der Waals surface area contributed by atoms with E-state index in [9.17, 15) is 9.59 Å². The first-order chi connectivity index (χ1) is 13.6. The highest BCUT2D eigenvalue weighted by atomic mass is 16.7. The van der Waals surface area contributed by atoms with E-state index in [2.05, 4.69) is 10.3 Å². The number of piperidine rings is 1. The molecule has 8 nitrogen and oxygen atoms in total. The van der Waals surface area contributed by atoms with Crippen molar-refractivity contribution < 1.29 is 19.1 Å².